The molecule has 0 aliphatic rings. The van der Waals surface area contributed by atoms with Crippen LogP contribution in [-0.4, -0.2) is 0 Å². The minimum Gasteiger partial charge on any atom is -0.459 e. The molecule has 0 saturated heterocycles. The number of nitrogens with two attached hydrogens (primary N) is 1. The van der Waals surface area contributed by atoms with Gasteiger partial charge in [0.2, 0.25) is 0 Å². The van der Waals surface area contributed by atoms with Gasteiger partial charge in [0.1, 0.15) is 17.2 Å². The van der Waals surface area contributed by atoms with Gasteiger partial charge >= 0.3 is 0 Å². The van der Waals surface area contributed by atoms with E-state index < -0.39 is 0 Å². The van der Waals surface area contributed by atoms with Crippen molar-refractivity contribution >= 4 is 11.0 Å². The monoisotopic (exact) mass is 249 g/mol. The molecule has 1 aromatic carbocycles. The SMILES string of the molecule is CCCCCCC(N)c1cc2cc(F)ccc2o1. The molecule has 1 atom stereocenters. The van der Waals surface area contributed by atoms with Crippen LogP contribution in [-0.2, 0) is 0 Å². The minimum absolute atomic E-state index is 0.0858. The number of hydrogen-bond acceptors (Lipinski definition) is 2. The number of furan rings is 1. The van der Waals surface area contributed by atoms with Gasteiger partial charge in [-0.1, -0.05) is 32.6 Å². The number of benzene rings is 1. The Morgan fingerprint density at radius 3 is 2.83 bits per heavy atom. The summed E-state index contributed by atoms with van der Waals surface area (Å²) in [5.41, 5.74) is 6.80. The van der Waals surface area contributed by atoms with Crippen LogP contribution in [0.15, 0.2) is 28.7 Å². The summed E-state index contributed by atoms with van der Waals surface area (Å²) in [5, 5.41) is 0.786. The van der Waals surface area contributed by atoms with Crippen LogP contribution in [0.2, 0.25) is 0 Å². The number of fused-ring (bicyclic) bond motifs is 1. The average molecular weight is 249 g/mol. The maximum atomic E-state index is 13.1. The van der Waals surface area contributed by atoms with E-state index in [9.17, 15) is 4.39 Å². The number of rotatable bonds is 6. The maximum absolute atomic E-state index is 13.1. The highest BCUT2D eigenvalue weighted by atomic mass is 19.1. The van der Waals surface area contributed by atoms with E-state index in [4.69, 9.17) is 10.2 Å². The van der Waals surface area contributed by atoms with E-state index in [1.165, 1.54) is 31.4 Å². The highest BCUT2D eigenvalue weighted by Crippen LogP contribution is 2.26. The van der Waals surface area contributed by atoms with Gasteiger partial charge in [-0.15, -0.1) is 0 Å². The second-order valence-electron chi connectivity index (χ2n) is 4.79. The number of unbranched alkanes of at least 4 members (excludes halogenated alkanes) is 3. The second-order valence-corrected chi connectivity index (χ2v) is 4.79. The predicted molar refractivity (Wildman–Crippen MR) is 71.9 cm³/mol. The first-order valence-corrected chi connectivity index (χ1v) is 6.65. The van der Waals surface area contributed by atoms with Gasteiger partial charge in [0.05, 0.1) is 6.04 Å². The van der Waals surface area contributed by atoms with E-state index in [-0.39, 0.29) is 11.9 Å². The Morgan fingerprint density at radius 1 is 1.22 bits per heavy atom. The molecule has 2 rings (SSSR count). The first kappa shape index (κ1) is 13.1. The van der Waals surface area contributed by atoms with Gasteiger partial charge in [-0.25, -0.2) is 4.39 Å². The van der Waals surface area contributed by atoms with E-state index in [1.54, 1.807) is 6.07 Å². The van der Waals surface area contributed by atoms with Crippen LogP contribution in [0.25, 0.3) is 11.0 Å². The van der Waals surface area contributed by atoms with Crippen LogP contribution in [0, 0.1) is 5.82 Å². The Kier molecular flexibility index (Phi) is 4.37. The van der Waals surface area contributed by atoms with Crippen molar-refractivity contribution in [2.24, 2.45) is 5.73 Å². The molecule has 18 heavy (non-hydrogen) atoms. The molecule has 1 aromatic heterocycles. The summed E-state index contributed by atoms with van der Waals surface area (Å²) in [6.07, 6.45) is 5.71. The van der Waals surface area contributed by atoms with E-state index >= 15 is 0 Å². The molecule has 0 radical (unpaired) electrons. The van der Waals surface area contributed by atoms with Gasteiger partial charge in [-0.3, -0.25) is 0 Å². The highest BCUT2D eigenvalue weighted by Gasteiger charge is 2.12. The first-order valence-electron chi connectivity index (χ1n) is 6.65. The standard InChI is InChI=1S/C15H20FNO/c1-2-3-4-5-6-13(17)15-10-11-9-12(16)7-8-14(11)18-15/h7-10,13H,2-6,17H2,1H3. The van der Waals surface area contributed by atoms with Crippen molar-refractivity contribution in [1.82, 2.24) is 0 Å². The van der Waals surface area contributed by atoms with Gasteiger partial charge in [0, 0.05) is 5.39 Å². The Labute approximate surface area is 107 Å². The molecule has 1 unspecified atom stereocenters. The van der Waals surface area contributed by atoms with Crippen molar-refractivity contribution in [3.8, 4) is 0 Å². The molecule has 0 aliphatic heterocycles. The lowest BCUT2D eigenvalue weighted by molar-refractivity contribution is 0.461. The molecule has 98 valence electrons. The molecule has 1 heterocycles. The lowest BCUT2D eigenvalue weighted by Gasteiger charge is -2.07. The lowest BCUT2D eigenvalue weighted by atomic mass is 10.1. The molecular formula is C15H20FNO. The molecule has 0 fully saturated rings. The fourth-order valence-electron chi connectivity index (χ4n) is 2.15. The van der Waals surface area contributed by atoms with Crippen molar-refractivity contribution in [1.29, 1.82) is 0 Å². The van der Waals surface area contributed by atoms with E-state index in [0.29, 0.717) is 5.58 Å². The average Bonchev–Trinajstić information content (AvgIpc) is 2.77. The molecule has 3 heteroatoms. The summed E-state index contributed by atoms with van der Waals surface area (Å²) in [5.74, 6) is 0.512. The van der Waals surface area contributed by atoms with Crippen LogP contribution in [0.4, 0.5) is 4.39 Å². The van der Waals surface area contributed by atoms with Crippen molar-refractivity contribution in [3.63, 3.8) is 0 Å². The van der Waals surface area contributed by atoms with Crippen LogP contribution >= 0.6 is 0 Å². The summed E-state index contributed by atoms with van der Waals surface area (Å²) in [4.78, 5) is 0. The summed E-state index contributed by atoms with van der Waals surface area (Å²) in [6.45, 7) is 2.19. The third-order valence-corrected chi connectivity index (χ3v) is 3.23. The Hall–Kier alpha value is -1.35. The molecule has 2 nitrogen and oxygen atoms in total. The Balaban J connectivity index is 2.01. The molecular weight excluding hydrogens is 229 g/mol. The van der Waals surface area contributed by atoms with Crippen LogP contribution in [0.5, 0.6) is 0 Å². The Morgan fingerprint density at radius 2 is 2.06 bits per heavy atom. The van der Waals surface area contributed by atoms with Gasteiger partial charge < -0.3 is 10.2 Å². The summed E-state index contributed by atoms with van der Waals surface area (Å²) < 4.78 is 18.7. The van der Waals surface area contributed by atoms with Crippen LogP contribution < -0.4 is 5.73 Å². The quantitative estimate of drug-likeness (QED) is 0.763. The van der Waals surface area contributed by atoms with Crippen molar-refractivity contribution in [3.05, 3.63) is 35.8 Å². The third-order valence-electron chi connectivity index (χ3n) is 3.23. The van der Waals surface area contributed by atoms with Gasteiger partial charge in [-0.2, -0.15) is 0 Å². The van der Waals surface area contributed by atoms with Crippen molar-refractivity contribution < 1.29 is 8.81 Å². The zero-order valence-corrected chi connectivity index (χ0v) is 10.8. The van der Waals surface area contributed by atoms with E-state index in [0.717, 1.165) is 24.0 Å². The molecule has 0 aliphatic carbocycles. The number of halogens is 1. The molecule has 0 amide bonds. The molecule has 0 bridgehead atoms. The van der Waals surface area contributed by atoms with Crippen LogP contribution in [0.1, 0.15) is 50.8 Å². The fourth-order valence-corrected chi connectivity index (χ4v) is 2.15. The smallest absolute Gasteiger partial charge is 0.134 e. The third kappa shape index (κ3) is 3.10. The molecule has 2 aromatic rings. The van der Waals surface area contributed by atoms with Crippen molar-refractivity contribution in [2.75, 3.05) is 0 Å². The van der Waals surface area contributed by atoms with Gasteiger partial charge in [-0.05, 0) is 30.7 Å². The molecule has 0 spiro atoms. The molecule has 0 saturated carbocycles. The summed E-state index contributed by atoms with van der Waals surface area (Å²) >= 11 is 0. The van der Waals surface area contributed by atoms with Crippen molar-refractivity contribution in [2.45, 2.75) is 45.1 Å². The fraction of sp³-hybridized carbons (Fsp3) is 0.467. The molecule has 2 N–H and O–H groups in total. The zero-order valence-electron chi connectivity index (χ0n) is 10.8. The normalized spacial score (nSPS) is 13.1. The topological polar surface area (TPSA) is 39.2 Å². The zero-order chi connectivity index (χ0) is 13.0. The largest absolute Gasteiger partial charge is 0.459 e. The minimum atomic E-state index is -0.244. The maximum Gasteiger partial charge on any atom is 0.134 e. The van der Waals surface area contributed by atoms with Gasteiger partial charge in [0.15, 0.2) is 0 Å². The highest BCUT2D eigenvalue weighted by molar-refractivity contribution is 5.77. The lowest BCUT2D eigenvalue weighted by Crippen LogP contribution is -2.08. The predicted octanol–water partition coefficient (Wildman–Crippen LogP) is 4.54. The summed E-state index contributed by atoms with van der Waals surface area (Å²) in [6, 6.07) is 6.30. The Bertz CT molecular complexity index is 506. The summed E-state index contributed by atoms with van der Waals surface area (Å²) in [7, 11) is 0. The van der Waals surface area contributed by atoms with Gasteiger partial charge in [0.25, 0.3) is 0 Å². The number of hydrogen-bond donors (Lipinski definition) is 1. The first-order chi connectivity index (χ1) is 8.70. The van der Waals surface area contributed by atoms with E-state index in [2.05, 4.69) is 6.92 Å². The second kappa shape index (κ2) is 6.01. The van der Waals surface area contributed by atoms with Crippen LogP contribution in [0.3, 0.4) is 0 Å². The van der Waals surface area contributed by atoms with E-state index in [1.807, 2.05) is 6.07 Å².